The number of rotatable bonds is 8. The molecule has 1 aliphatic heterocycles. The highest BCUT2D eigenvalue weighted by Gasteiger charge is 2.31. The Morgan fingerprint density at radius 3 is 2.41 bits per heavy atom. The van der Waals surface area contributed by atoms with Crippen LogP contribution in [0.1, 0.15) is 24.1 Å². The first-order valence-corrected chi connectivity index (χ1v) is 9.47. The quantitative estimate of drug-likeness (QED) is 0.235. The van der Waals surface area contributed by atoms with E-state index in [-0.39, 0.29) is 30.0 Å². The van der Waals surface area contributed by atoms with Gasteiger partial charge >= 0.3 is 6.18 Å². The molecule has 166 valence electrons. The Bertz CT molecular complexity index is 608. The van der Waals surface area contributed by atoms with Gasteiger partial charge in [0, 0.05) is 39.8 Å². The Hall–Kier alpha value is -1.11. The van der Waals surface area contributed by atoms with Gasteiger partial charge in [-0.15, -0.1) is 24.0 Å². The first-order chi connectivity index (χ1) is 13.5. The maximum absolute atomic E-state index is 12.9. The number of nitrogens with one attached hydrogen (secondary N) is 2. The number of alkyl halides is 3. The third-order valence-corrected chi connectivity index (χ3v) is 4.54. The molecule has 29 heavy (non-hydrogen) atoms. The molecule has 0 aliphatic carbocycles. The average molecular weight is 530 g/mol. The lowest BCUT2D eigenvalue weighted by molar-refractivity contribution is -0.137. The second-order valence-electron chi connectivity index (χ2n) is 6.36. The molecule has 0 saturated carbocycles. The van der Waals surface area contributed by atoms with Gasteiger partial charge in [0.15, 0.2) is 5.96 Å². The molecule has 1 fully saturated rings. The molecule has 1 saturated heterocycles. The Morgan fingerprint density at radius 1 is 1.21 bits per heavy atom. The van der Waals surface area contributed by atoms with Crippen molar-refractivity contribution in [1.82, 2.24) is 15.5 Å². The molecule has 1 aromatic carbocycles. The van der Waals surface area contributed by atoms with Crippen molar-refractivity contribution >= 4 is 29.9 Å². The topological polar surface area (TPSA) is 58.1 Å². The van der Waals surface area contributed by atoms with E-state index in [0.717, 1.165) is 30.8 Å². The van der Waals surface area contributed by atoms with Gasteiger partial charge in [-0.2, -0.15) is 13.2 Å². The molecule has 10 heteroatoms. The zero-order valence-electron chi connectivity index (χ0n) is 16.8. The summed E-state index contributed by atoms with van der Waals surface area (Å²) in [6.45, 7) is 6.97. The van der Waals surface area contributed by atoms with E-state index < -0.39 is 11.7 Å². The molecule has 6 nitrogen and oxygen atoms in total. The number of halogens is 4. The van der Waals surface area contributed by atoms with Crippen LogP contribution in [0, 0.1) is 0 Å². The van der Waals surface area contributed by atoms with Crippen LogP contribution in [0.5, 0.6) is 0 Å². The molecule has 0 bridgehead atoms. The largest absolute Gasteiger partial charge is 0.416 e. The maximum atomic E-state index is 12.9. The van der Waals surface area contributed by atoms with Crippen molar-refractivity contribution in [2.45, 2.75) is 19.1 Å². The molecule has 1 aliphatic rings. The smallest absolute Gasteiger partial charge is 0.380 e. The van der Waals surface area contributed by atoms with Gasteiger partial charge in [-0.05, 0) is 24.6 Å². The minimum atomic E-state index is -4.34. The molecule has 1 unspecified atom stereocenters. The summed E-state index contributed by atoms with van der Waals surface area (Å²) in [5.41, 5.74) is 0.186. The second-order valence-corrected chi connectivity index (χ2v) is 6.36. The Labute approximate surface area is 187 Å². The van der Waals surface area contributed by atoms with Gasteiger partial charge in [0.25, 0.3) is 0 Å². The number of guanidine groups is 1. The summed E-state index contributed by atoms with van der Waals surface area (Å²) in [6, 6.07) is 5.29. The monoisotopic (exact) mass is 530 g/mol. The summed E-state index contributed by atoms with van der Waals surface area (Å²) in [4.78, 5) is 6.40. The van der Waals surface area contributed by atoms with Gasteiger partial charge < -0.3 is 20.1 Å². The van der Waals surface area contributed by atoms with Crippen LogP contribution < -0.4 is 10.6 Å². The molecule has 1 aromatic rings. The molecule has 1 atom stereocenters. The highest BCUT2D eigenvalue weighted by molar-refractivity contribution is 14.0. The van der Waals surface area contributed by atoms with Gasteiger partial charge in [-0.3, -0.25) is 9.89 Å². The summed E-state index contributed by atoms with van der Waals surface area (Å²) in [6.07, 6.45) is -4.34. The molecular weight excluding hydrogens is 500 g/mol. The second kappa shape index (κ2) is 13.2. The fraction of sp³-hybridized carbons (Fsp3) is 0.632. The van der Waals surface area contributed by atoms with Crippen molar-refractivity contribution in [3.8, 4) is 0 Å². The first kappa shape index (κ1) is 25.9. The van der Waals surface area contributed by atoms with E-state index in [1.165, 1.54) is 0 Å². The molecule has 2 N–H and O–H groups in total. The van der Waals surface area contributed by atoms with Crippen molar-refractivity contribution in [3.63, 3.8) is 0 Å². The van der Waals surface area contributed by atoms with Crippen molar-refractivity contribution < 1.29 is 22.6 Å². The van der Waals surface area contributed by atoms with Crippen LogP contribution in [0.4, 0.5) is 13.2 Å². The normalized spacial score (nSPS) is 16.8. The van der Waals surface area contributed by atoms with E-state index in [9.17, 15) is 13.2 Å². The number of benzene rings is 1. The zero-order chi connectivity index (χ0) is 20.4. The summed E-state index contributed by atoms with van der Waals surface area (Å²) < 4.78 is 49.3. The molecule has 0 spiro atoms. The van der Waals surface area contributed by atoms with Crippen LogP contribution in [-0.4, -0.2) is 70.5 Å². The molecule has 0 amide bonds. The minimum absolute atomic E-state index is 0. The maximum Gasteiger partial charge on any atom is 0.416 e. The third-order valence-electron chi connectivity index (χ3n) is 4.54. The van der Waals surface area contributed by atoms with E-state index in [4.69, 9.17) is 9.47 Å². The molecule has 1 heterocycles. The SMILES string of the molecule is CCOCCNC(=NC)NCC(c1ccc(C(F)(F)F)cc1)N1CCOCC1.I. The lowest BCUT2D eigenvalue weighted by Gasteiger charge is -2.35. The predicted octanol–water partition coefficient (Wildman–Crippen LogP) is 2.90. The first-order valence-electron chi connectivity index (χ1n) is 9.47. The van der Waals surface area contributed by atoms with Crippen LogP contribution in [-0.2, 0) is 15.7 Å². The highest BCUT2D eigenvalue weighted by Crippen LogP contribution is 2.31. The minimum Gasteiger partial charge on any atom is -0.380 e. The van der Waals surface area contributed by atoms with E-state index in [0.29, 0.717) is 45.5 Å². The van der Waals surface area contributed by atoms with Gasteiger partial charge in [0.2, 0.25) is 0 Å². The number of nitrogens with zero attached hydrogens (tertiary/aromatic N) is 2. The van der Waals surface area contributed by atoms with Crippen molar-refractivity contribution in [2.24, 2.45) is 4.99 Å². The van der Waals surface area contributed by atoms with Crippen molar-refractivity contribution in [3.05, 3.63) is 35.4 Å². The number of hydrogen-bond donors (Lipinski definition) is 2. The number of aliphatic imine (C=N–C) groups is 1. The van der Waals surface area contributed by atoms with E-state index in [2.05, 4.69) is 20.5 Å². The fourth-order valence-electron chi connectivity index (χ4n) is 3.04. The summed E-state index contributed by atoms with van der Waals surface area (Å²) in [5.74, 6) is 0.630. The lowest BCUT2D eigenvalue weighted by Crippen LogP contribution is -2.46. The third kappa shape index (κ3) is 8.65. The number of hydrogen-bond acceptors (Lipinski definition) is 4. The Morgan fingerprint density at radius 2 is 1.86 bits per heavy atom. The Balaban J connectivity index is 0.00000420. The molecule has 0 radical (unpaired) electrons. The van der Waals surface area contributed by atoms with Crippen LogP contribution >= 0.6 is 24.0 Å². The van der Waals surface area contributed by atoms with E-state index >= 15 is 0 Å². The summed E-state index contributed by atoms with van der Waals surface area (Å²) in [5, 5.41) is 6.43. The molecule has 0 aromatic heterocycles. The highest BCUT2D eigenvalue weighted by atomic mass is 127. The van der Waals surface area contributed by atoms with Crippen molar-refractivity contribution in [1.29, 1.82) is 0 Å². The predicted molar refractivity (Wildman–Crippen MR) is 118 cm³/mol. The van der Waals surface area contributed by atoms with Gasteiger partial charge in [-0.1, -0.05) is 12.1 Å². The van der Waals surface area contributed by atoms with Crippen LogP contribution in [0.15, 0.2) is 29.3 Å². The van der Waals surface area contributed by atoms with Crippen LogP contribution in [0.3, 0.4) is 0 Å². The average Bonchev–Trinajstić information content (AvgIpc) is 2.70. The number of ether oxygens (including phenoxy) is 2. The van der Waals surface area contributed by atoms with Crippen molar-refractivity contribution in [2.75, 3.05) is 59.7 Å². The fourth-order valence-corrected chi connectivity index (χ4v) is 3.04. The molecule has 2 rings (SSSR count). The summed E-state index contributed by atoms with van der Waals surface area (Å²) in [7, 11) is 1.68. The summed E-state index contributed by atoms with van der Waals surface area (Å²) >= 11 is 0. The lowest BCUT2D eigenvalue weighted by atomic mass is 10.0. The zero-order valence-corrected chi connectivity index (χ0v) is 19.1. The van der Waals surface area contributed by atoms with Crippen LogP contribution in [0.2, 0.25) is 0 Å². The Kier molecular flexibility index (Phi) is 11.8. The van der Waals surface area contributed by atoms with Gasteiger partial charge in [0.1, 0.15) is 0 Å². The standard InChI is InChI=1S/C19H29F3N4O2.HI/c1-3-27-11-8-24-18(23-2)25-14-17(26-9-12-28-13-10-26)15-4-6-16(7-5-15)19(20,21)22;/h4-7,17H,3,8-14H2,1-2H3,(H2,23,24,25);1H. The van der Waals surface area contributed by atoms with Crippen LogP contribution in [0.25, 0.3) is 0 Å². The van der Waals surface area contributed by atoms with Gasteiger partial charge in [0.05, 0.1) is 31.4 Å². The van der Waals surface area contributed by atoms with E-state index in [1.54, 1.807) is 19.2 Å². The van der Waals surface area contributed by atoms with Gasteiger partial charge in [-0.25, -0.2) is 0 Å². The number of morpholine rings is 1. The van der Waals surface area contributed by atoms with E-state index in [1.807, 2.05) is 6.92 Å². The molecular formula is C19H30F3IN4O2.